The Morgan fingerprint density at radius 2 is 0.960 bits per heavy atom. The van der Waals surface area contributed by atoms with Gasteiger partial charge in [0, 0.05) is 26.2 Å². The molecule has 8 heteroatoms. The first-order valence-corrected chi connectivity index (χ1v) is 9.88. The largest absolute Gasteiger partial charge is 0.584 e. The van der Waals surface area contributed by atoms with Gasteiger partial charge in [-0.25, -0.2) is 24.5 Å². The molecule has 0 bridgehead atoms. The standard InChI is InChI=1S/C5H4F3Si.3C4H10O.Zr/c6-9(7,8)5-3-1-2-4-5;3*1-3-4(2)5;/h1-4H;3*4-5H,3H2,1-2H3;/q-1;;;;. The fourth-order valence-corrected chi connectivity index (χ4v) is 1.13. The van der Waals surface area contributed by atoms with Crippen molar-refractivity contribution in [2.24, 2.45) is 0 Å². The van der Waals surface area contributed by atoms with Crippen molar-refractivity contribution in [1.29, 1.82) is 0 Å². The van der Waals surface area contributed by atoms with Crippen LogP contribution in [-0.2, 0) is 26.2 Å². The van der Waals surface area contributed by atoms with Crippen molar-refractivity contribution in [1.82, 2.24) is 0 Å². The van der Waals surface area contributed by atoms with E-state index in [0.29, 0.717) is 0 Å². The van der Waals surface area contributed by atoms with Gasteiger partial charge < -0.3 is 15.3 Å². The molecule has 0 aliphatic heterocycles. The second-order valence-electron chi connectivity index (χ2n) is 5.44. The van der Waals surface area contributed by atoms with E-state index < -0.39 is 14.3 Å². The molecule has 0 saturated carbocycles. The molecule has 0 aromatic heterocycles. The van der Waals surface area contributed by atoms with E-state index in [4.69, 9.17) is 15.3 Å². The van der Waals surface area contributed by atoms with E-state index in [9.17, 15) is 12.3 Å². The normalized spacial score (nSPS) is 13.3. The van der Waals surface area contributed by atoms with Crippen molar-refractivity contribution < 1.29 is 53.8 Å². The van der Waals surface area contributed by atoms with Crippen molar-refractivity contribution >= 4 is 14.3 Å². The molecule has 3 atom stereocenters. The zero-order valence-electron chi connectivity index (χ0n) is 16.1. The van der Waals surface area contributed by atoms with E-state index in [1.54, 1.807) is 20.8 Å². The van der Waals surface area contributed by atoms with Crippen molar-refractivity contribution in [2.45, 2.75) is 79.1 Å². The van der Waals surface area contributed by atoms with Crippen LogP contribution in [0, 0.1) is 0 Å². The van der Waals surface area contributed by atoms with Crippen molar-refractivity contribution in [2.75, 3.05) is 0 Å². The summed E-state index contributed by atoms with van der Waals surface area (Å²) >= 11 is 0. The Morgan fingerprint density at radius 3 is 1.04 bits per heavy atom. The second-order valence-corrected chi connectivity index (χ2v) is 7.02. The summed E-state index contributed by atoms with van der Waals surface area (Å²) < 4.78 is 35.3. The molecule has 1 rings (SSSR count). The first kappa shape index (κ1) is 32.8. The molecule has 0 heterocycles. The molecular weight excluding hydrogens is 428 g/mol. The van der Waals surface area contributed by atoms with Gasteiger partial charge in [-0.3, -0.25) is 0 Å². The Bertz CT molecular complexity index is 324. The molecule has 0 aliphatic rings. The number of rotatable bonds is 4. The van der Waals surface area contributed by atoms with Gasteiger partial charge >= 0.3 is 9.08 Å². The summed E-state index contributed by atoms with van der Waals surface area (Å²) in [5.74, 6) is 0. The minimum Gasteiger partial charge on any atom is -0.393 e. The molecule has 0 fully saturated rings. The van der Waals surface area contributed by atoms with Crippen LogP contribution in [0.15, 0.2) is 24.3 Å². The Hall–Kier alpha value is 0.120. The van der Waals surface area contributed by atoms with Gasteiger partial charge in [0.2, 0.25) is 0 Å². The quantitative estimate of drug-likeness (QED) is 0.362. The van der Waals surface area contributed by atoms with Gasteiger partial charge in [0.1, 0.15) is 0 Å². The molecule has 25 heavy (non-hydrogen) atoms. The van der Waals surface area contributed by atoms with Crippen molar-refractivity contribution in [3.05, 3.63) is 24.3 Å². The van der Waals surface area contributed by atoms with Crippen molar-refractivity contribution in [3.63, 3.8) is 0 Å². The van der Waals surface area contributed by atoms with Crippen LogP contribution in [0.5, 0.6) is 0 Å². The van der Waals surface area contributed by atoms with E-state index in [2.05, 4.69) is 0 Å². The van der Waals surface area contributed by atoms with Crippen LogP contribution in [0.1, 0.15) is 60.8 Å². The van der Waals surface area contributed by atoms with Gasteiger partial charge in [0.25, 0.3) is 0 Å². The van der Waals surface area contributed by atoms with Gasteiger partial charge in [-0.1, -0.05) is 26.0 Å². The molecule has 1 aromatic carbocycles. The fraction of sp³-hybridized carbons (Fsp3) is 0.706. The van der Waals surface area contributed by atoms with Crippen LogP contribution in [0.3, 0.4) is 0 Å². The molecule has 1 aromatic rings. The van der Waals surface area contributed by atoms with Crippen LogP contribution in [0.4, 0.5) is 12.3 Å². The summed E-state index contributed by atoms with van der Waals surface area (Å²) in [5.41, 5.74) is 0. The number of aliphatic hydroxyl groups excluding tert-OH is 3. The third-order valence-electron chi connectivity index (χ3n) is 2.76. The van der Waals surface area contributed by atoms with E-state index in [1.807, 2.05) is 20.8 Å². The molecular formula is C17H34F3O3SiZr-. The third-order valence-corrected chi connectivity index (χ3v) is 3.75. The Labute approximate surface area is 171 Å². The maximum atomic E-state index is 11.8. The van der Waals surface area contributed by atoms with E-state index in [-0.39, 0.29) is 44.5 Å². The molecule has 0 amide bonds. The van der Waals surface area contributed by atoms with Gasteiger partial charge in [0.15, 0.2) is 0 Å². The summed E-state index contributed by atoms with van der Waals surface area (Å²) in [4.78, 5) is 0. The SMILES string of the molecule is CCC(C)O.CCC(C)O.CCC(C)O.F[Si](F)(F)[c-]1cccc1.[Zr]. The van der Waals surface area contributed by atoms with Crippen LogP contribution in [0.25, 0.3) is 0 Å². The predicted octanol–water partition coefficient (Wildman–Crippen LogP) is 3.79. The number of halogens is 3. The second kappa shape index (κ2) is 20.4. The fourth-order valence-electron chi connectivity index (χ4n) is 0.563. The average Bonchev–Trinajstić information content (AvgIpc) is 3.03. The first-order chi connectivity index (χ1) is 10.9. The monoisotopic (exact) mass is 461 g/mol. The van der Waals surface area contributed by atoms with Gasteiger partial charge in [-0.2, -0.15) is 12.1 Å². The van der Waals surface area contributed by atoms with Gasteiger partial charge in [-0.05, 0) is 40.0 Å². The number of hydrogen-bond acceptors (Lipinski definition) is 3. The smallest absolute Gasteiger partial charge is 0.393 e. The van der Waals surface area contributed by atoms with E-state index >= 15 is 0 Å². The van der Waals surface area contributed by atoms with E-state index in [1.165, 1.54) is 12.1 Å². The minimum absolute atomic E-state index is 0. The molecule has 0 radical (unpaired) electrons. The van der Waals surface area contributed by atoms with Crippen LogP contribution >= 0.6 is 0 Å². The first-order valence-electron chi connectivity index (χ1n) is 8.25. The summed E-state index contributed by atoms with van der Waals surface area (Å²) in [6, 6.07) is 5.00. The average molecular weight is 463 g/mol. The van der Waals surface area contributed by atoms with E-state index in [0.717, 1.165) is 31.4 Å². The molecule has 0 aliphatic carbocycles. The summed E-state index contributed by atoms with van der Waals surface area (Å²) in [6.07, 6.45) is 2.24. The topological polar surface area (TPSA) is 60.7 Å². The Balaban J connectivity index is -0.000000122. The zero-order chi connectivity index (χ0) is 19.8. The number of hydrogen-bond donors (Lipinski definition) is 3. The summed E-state index contributed by atoms with van der Waals surface area (Å²) in [7, 11) is -5.48. The zero-order valence-corrected chi connectivity index (χ0v) is 19.6. The third kappa shape index (κ3) is 32.3. The maximum Gasteiger partial charge on any atom is 0.584 e. The molecule has 0 saturated heterocycles. The van der Waals surface area contributed by atoms with Gasteiger partial charge in [-0.15, -0.1) is 0 Å². The summed E-state index contributed by atoms with van der Waals surface area (Å²) in [5, 5.41) is 24.6. The predicted molar refractivity (Wildman–Crippen MR) is 96.7 cm³/mol. The maximum absolute atomic E-state index is 11.8. The molecule has 150 valence electrons. The molecule has 3 nitrogen and oxygen atoms in total. The molecule has 3 N–H and O–H groups in total. The van der Waals surface area contributed by atoms with Crippen LogP contribution in [-0.4, -0.2) is 42.7 Å². The Morgan fingerprint density at radius 1 is 0.760 bits per heavy atom. The number of aliphatic hydroxyl groups is 3. The molecule has 3 unspecified atom stereocenters. The van der Waals surface area contributed by atoms with Crippen LogP contribution in [0.2, 0.25) is 0 Å². The van der Waals surface area contributed by atoms with Crippen LogP contribution < -0.4 is 5.19 Å². The van der Waals surface area contributed by atoms with Gasteiger partial charge in [0.05, 0.1) is 18.3 Å². The van der Waals surface area contributed by atoms with Crippen molar-refractivity contribution in [3.8, 4) is 0 Å². The minimum atomic E-state index is -5.48. The molecule has 0 spiro atoms. The Kier molecular flexibility index (Phi) is 26.8. The summed E-state index contributed by atoms with van der Waals surface area (Å²) in [6.45, 7) is 11.2.